The lowest BCUT2D eigenvalue weighted by atomic mass is 10.1. The lowest BCUT2D eigenvalue weighted by Crippen LogP contribution is -2.36. The van der Waals surface area contributed by atoms with Crippen LogP contribution in [0.25, 0.3) is 4.96 Å². The number of nitrogens with zero attached hydrogens (tertiary/aromatic N) is 3. The number of hydrogen-bond donors (Lipinski definition) is 1. The monoisotopic (exact) mass is 330 g/mol. The summed E-state index contributed by atoms with van der Waals surface area (Å²) in [5.74, 6) is 0.832. The van der Waals surface area contributed by atoms with Gasteiger partial charge in [-0.05, 0) is 19.3 Å². The van der Waals surface area contributed by atoms with Crippen LogP contribution in [-0.4, -0.2) is 42.2 Å². The molecule has 0 bridgehead atoms. The first kappa shape index (κ1) is 16.3. The number of sulfonamides is 1. The normalized spacial score (nSPS) is 14.2. The summed E-state index contributed by atoms with van der Waals surface area (Å²) >= 11 is 1.41. The first-order chi connectivity index (χ1) is 9.78. The quantitative estimate of drug-likeness (QED) is 0.884. The van der Waals surface area contributed by atoms with E-state index in [1.807, 2.05) is 12.3 Å². The fourth-order valence-electron chi connectivity index (χ4n) is 2.38. The van der Waals surface area contributed by atoms with Gasteiger partial charge in [-0.2, -0.15) is 4.31 Å². The first-order valence-corrected chi connectivity index (χ1v) is 9.22. The molecule has 1 atom stereocenters. The molecule has 21 heavy (non-hydrogen) atoms. The van der Waals surface area contributed by atoms with E-state index in [1.165, 1.54) is 15.6 Å². The number of nitrogens with one attached hydrogen (secondary N) is 1. The van der Waals surface area contributed by atoms with Gasteiger partial charge in [0, 0.05) is 31.7 Å². The van der Waals surface area contributed by atoms with Crippen LogP contribution in [0, 0.1) is 5.92 Å². The zero-order valence-electron chi connectivity index (χ0n) is 13.0. The summed E-state index contributed by atoms with van der Waals surface area (Å²) in [6.45, 7) is 6.11. The van der Waals surface area contributed by atoms with Crippen molar-refractivity contribution in [3.8, 4) is 0 Å². The molecule has 0 aliphatic carbocycles. The fraction of sp³-hybridized carbons (Fsp3) is 0.615. The molecule has 2 aromatic heterocycles. The Labute approximate surface area is 129 Å². The molecule has 0 amide bonds. The topological polar surface area (TPSA) is 66.7 Å². The van der Waals surface area contributed by atoms with Gasteiger partial charge < -0.3 is 5.32 Å². The Morgan fingerprint density at radius 2 is 2.10 bits per heavy atom. The van der Waals surface area contributed by atoms with Crippen molar-refractivity contribution in [2.24, 2.45) is 5.92 Å². The number of anilines is 1. The number of rotatable bonds is 6. The van der Waals surface area contributed by atoms with E-state index in [-0.39, 0.29) is 11.1 Å². The second kappa shape index (κ2) is 5.94. The zero-order chi connectivity index (χ0) is 15.8. The number of aromatic nitrogens is 2. The third-order valence-electron chi connectivity index (χ3n) is 3.51. The Hall–Kier alpha value is -1.12. The lowest BCUT2D eigenvalue weighted by molar-refractivity contribution is 0.337. The Morgan fingerprint density at radius 1 is 1.43 bits per heavy atom. The van der Waals surface area contributed by atoms with E-state index >= 15 is 0 Å². The van der Waals surface area contributed by atoms with Crippen LogP contribution in [0.5, 0.6) is 0 Å². The molecule has 1 unspecified atom stereocenters. The van der Waals surface area contributed by atoms with Crippen LogP contribution in [0.3, 0.4) is 0 Å². The van der Waals surface area contributed by atoms with Crippen molar-refractivity contribution in [2.45, 2.75) is 38.3 Å². The molecular formula is C13H22N4O2S2. The largest absolute Gasteiger partial charge is 0.371 e. The molecule has 0 aliphatic heterocycles. The molecule has 118 valence electrons. The van der Waals surface area contributed by atoms with E-state index in [4.69, 9.17) is 0 Å². The SMILES string of the molecule is CNc1nc2sccn2c1S(=O)(=O)N(C)C(C)CC(C)C. The van der Waals surface area contributed by atoms with Crippen LogP contribution in [0.15, 0.2) is 16.6 Å². The summed E-state index contributed by atoms with van der Waals surface area (Å²) in [5, 5.41) is 4.92. The Bertz CT molecular complexity index is 718. The standard InChI is InChI=1S/C13H22N4O2S2/c1-9(2)8-10(3)16(5)21(18,19)12-11(14-4)15-13-17(12)6-7-20-13/h6-7,9-10,14H,8H2,1-5H3. The second-order valence-corrected chi connectivity index (χ2v) is 8.36. The number of imidazole rings is 1. The van der Waals surface area contributed by atoms with E-state index in [0.717, 1.165) is 6.42 Å². The van der Waals surface area contributed by atoms with Gasteiger partial charge in [-0.25, -0.2) is 13.4 Å². The number of thiazole rings is 1. The fourth-order valence-corrected chi connectivity index (χ4v) is 4.77. The molecule has 2 heterocycles. The number of hydrogen-bond acceptors (Lipinski definition) is 5. The maximum absolute atomic E-state index is 12.9. The minimum atomic E-state index is -3.60. The van der Waals surface area contributed by atoms with Crippen LogP contribution in [-0.2, 0) is 10.0 Å². The Kier molecular flexibility index (Phi) is 4.60. The number of fused-ring (bicyclic) bond motifs is 1. The van der Waals surface area contributed by atoms with Gasteiger partial charge in [-0.3, -0.25) is 4.40 Å². The van der Waals surface area contributed by atoms with E-state index < -0.39 is 10.0 Å². The van der Waals surface area contributed by atoms with Gasteiger partial charge in [0.2, 0.25) is 0 Å². The minimum absolute atomic E-state index is 0.0658. The minimum Gasteiger partial charge on any atom is -0.371 e. The van der Waals surface area contributed by atoms with Crippen molar-refractivity contribution < 1.29 is 8.42 Å². The highest BCUT2D eigenvalue weighted by Gasteiger charge is 2.32. The summed E-state index contributed by atoms with van der Waals surface area (Å²) in [5.41, 5.74) is 0. The van der Waals surface area contributed by atoms with Gasteiger partial charge in [-0.1, -0.05) is 13.8 Å². The molecule has 2 aromatic rings. The van der Waals surface area contributed by atoms with Gasteiger partial charge in [-0.15, -0.1) is 11.3 Å². The Balaban J connectivity index is 2.48. The van der Waals surface area contributed by atoms with Crippen LogP contribution >= 0.6 is 11.3 Å². The Morgan fingerprint density at radius 3 is 2.67 bits per heavy atom. The summed E-state index contributed by atoms with van der Waals surface area (Å²) in [7, 11) is -0.286. The smallest absolute Gasteiger partial charge is 0.262 e. The van der Waals surface area contributed by atoms with E-state index in [9.17, 15) is 8.42 Å². The average Bonchev–Trinajstić information content (AvgIpc) is 2.95. The third-order valence-corrected chi connectivity index (χ3v) is 6.27. The van der Waals surface area contributed by atoms with Gasteiger partial charge >= 0.3 is 0 Å². The van der Waals surface area contributed by atoms with E-state index in [0.29, 0.717) is 16.7 Å². The molecule has 6 nitrogen and oxygen atoms in total. The van der Waals surface area contributed by atoms with Crippen molar-refractivity contribution in [3.05, 3.63) is 11.6 Å². The summed E-state index contributed by atoms with van der Waals surface area (Å²) in [6, 6.07) is -0.0658. The van der Waals surface area contributed by atoms with Crippen molar-refractivity contribution in [1.29, 1.82) is 0 Å². The van der Waals surface area contributed by atoms with Crippen molar-refractivity contribution in [2.75, 3.05) is 19.4 Å². The molecule has 0 saturated heterocycles. The third kappa shape index (κ3) is 2.93. The molecule has 0 aromatic carbocycles. The second-order valence-electron chi connectivity index (χ2n) is 5.57. The van der Waals surface area contributed by atoms with Crippen LogP contribution in [0.2, 0.25) is 0 Å². The molecule has 0 spiro atoms. The summed E-state index contributed by atoms with van der Waals surface area (Å²) in [4.78, 5) is 4.99. The molecule has 0 saturated carbocycles. The first-order valence-electron chi connectivity index (χ1n) is 6.90. The molecule has 1 N–H and O–H groups in total. The highest BCUT2D eigenvalue weighted by Crippen LogP contribution is 2.29. The van der Waals surface area contributed by atoms with Gasteiger partial charge in [0.15, 0.2) is 15.8 Å². The van der Waals surface area contributed by atoms with Crippen molar-refractivity contribution in [1.82, 2.24) is 13.7 Å². The summed E-state index contributed by atoms with van der Waals surface area (Å²) in [6.07, 6.45) is 2.55. The predicted octanol–water partition coefficient (Wildman–Crippen LogP) is 2.49. The maximum Gasteiger partial charge on any atom is 0.262 e. The predicted molar refractivity (Wildman–Crippen MR) is 86.5 cm³/mol. The van der Waals surface area contributed by atoms with Gasteiger partial charge in [0.1, 0.15) is 0 Å². The highest BCUT2D eigenvalue weighted by molar-refractivity contribution is 7.89. The van der Waals surface area contributed by atoms with Crippen molar-refractivity contribution >= 4 is 32.1 Å². The summed E-state index contributed by atoms with van der Waals surface area (Å²) < 4.78 is 28.9. The van der Waals surface area contributed by atoms with Crippen LogP contribution < -0.4 is 5.32 Å². The molecule has 0 aliphatic rings. The van der Waals surface area contributed by atoms with Gasteiger partial charge in [0.05, 0.1) is 0 Å². The van der Waals surface area contributed by atoms with E-state index in [1.54, 1.807) is 24.7 Å². The lowest BCUT2D eigenvalue weighted by Gasteiger charge is -2.25. The van der Waals surface area contributed by atoms with Crippen molar-refractivity contribution in [3.63, 3.8) is 0 Å². The zero-order valence-corrected chi connectivity index (χ0v) is 14.6. The molecule has 0 fully saturated rings. The van der Waals surface area contributed by atoms with Gasteiger partial charge in [0.25, 0.3) is 10.0 Å². The molecule has 8 heteroatoms. The van der Waals surface area contributed by atoms with E-state index in [2.05, 4.69) is 24.1 Å². The van der Waals surface area contributed by atoms with Crippen LogP contribution in [0.1, 0.15) is 27.2 Å². The maximum atomic E-state index is 12.9. The molecular weight excluding hydrogens is 308 g/mol. The molecule has 2 rings (SSSR count). The highest BCUT2D eigenvalue weighted by atomic mass is 32.2. The average molecular weight is 330 g/mol. The molecule has 0 radical (unpaired) electrons. The van der Waals surface area contributed by atoms with Crippen LogP contribution in [0.4, 0.5) is 5.82 Å².